The molecule has 0 aliphatic rings. The van der Waals surface area contributed by atoms with E-state index >= 15 is 0 Å². The predicted molar refractivity (Wildman–Crippen MR) is 78.8 cm³/mol. The van der Waals surface area contributed by atoms with Crippen molar-refractivity contribution in [1.82, 2.24) is 4.90 Å². The third-order valence-corrected chi connectivity index (χ3v) is 3.24. The fourth-order valence-electron chi connectivity index (χ4n) is 1.98. The average Bonchev–Trinajstić information content (AvgIpc) is 2.53. The Morgan fingerprint density at radius 2 is 1.65 bits per heavy atom. The van der Waals surface area contributed by atoms with E-state index in [0.29, 0.717) is 6.54 Å². The van der Waals surface area contributed by atoms with Crippen LogP contribution in [-0.2, 0) is 11.2 Å². The van der Waals surface area contributed by atoms with Gasteiger partial charge in [0.2, 0.25) is 0 Å². The summed E-state index contributed by atoms with van der Waals surface area (Å²) >= 11 is 0. The molecule has 0 aromatic heterocycles. The van der Waals surface area contributed by atoms with Gasteiger partial charge in [-0.05, 0) is 23.1 Å². The van der Waals surface area contributed by atoms with Gasteiger partial charge in [0, 0.05) is 13.6 Å². The lowest BCUT2D eigenvalue weighted by Gasteiger charge is -2.12. The van der Waals surface area contributed by atoms with Crippen LogP contribution in [0.25, 0.3) is 11.1 Å². The Balaban J connectivity index is 1.99. The van der Waals surface area contributed by atoms with Crippen LogP contribution in [0, 0.1) is 11.3 Å². The number of likely N-dealkylation sites (N-methyl/N-ethyl adjacent to an activating group) is 1. The largest absolute Gasteiger partial charge is 0.333 e. The topological polar surface area (TPSA) is 44.1 Å². The number of hydrogen-bond donors (Lipinski definition) is 0. The number of hydrogen-bond acceptors (Lipinski definition) is 2. The normalized spacial score (nSPS) is 9.80. The molecule has 0 atom stereocenters. The molecule has 0 aliphatic carbocycles. The number of nitrogens with zero attached hydrogens (tertiary/aromatic N) is 2. The number of rotatable bonds is 4. The van der Waals surface area contributed by atoms with Crippen LogP contribution in [0.15, 0.2) is 54.6 Å². The van der Waals surface area contributed by atoms with E-state index in [2.05, 4.69) is 36.4 Å². The Bertz CT molecular complexity index is 612. The molecule has 0 saturated carbocycles. The molecule has 0 saturated heterocycles. The summed E-state index contributed by atoms with van der Waals surface area (Å²) < 4.78 is 0. The van der Waals surface area contributed by atoms with Crippen LogP contribution in [0.1, 0.15) is 5.56 Å². The number of carbonyl (C=O) groups is 1. The summed E-state index contributed by atoms with van der Waals surface area (Å²) in [4.78, 5) is 12.6. The summed E-state index contributed by atoms with van der Waals surface area (Å²) in [6.07, 6.45) is 0.749. The second-order valence-corrected chi connectivity index (χ2v) is 4.65. The van der Waals surface area contributed by atoms with E-state index in [9.17, 15) is 4.79 Å². The standard InChI is InChI=1S/C17H16N2O/c1-19(17(20)13-18)12-11-14-7-9-16(10-8-14)15-5-3-2-4-6-15/h2-10H,11-12H2,1H3. The molecular weight excluding hydrogens is 248 g/mol. The zero-order chi connectivity index (χ0) is 14.4. The molecule has 20 heavy (non-hydrogen) atoms. The molecule has 1 amide bonds. The van der Waals surface area contributed by atoms with E-state index in [1.807, 2.05) is 18.2 Å². The minimum absolute atomic E-state index is 0.495. The summed E-state index contributed by atoms with van der Waals surface area (Å²) in [5.74, 6) is -0.495. The molecule has 0 heterocycles. The zero-order valence-corrected chi connectivity index (χ0v) is 11.4. The first-order valence-corrected chi connectivity index (χ1v) is 6.50. The Morgan fingerprint density at radius 3 is 2.25 bits per heavy atom. The summed E-state index contributed by atoms with van der Waals surface area (Å²) in [5, 5.41) is 8.52. The lowest BCUT2D eigenvalue weighted by atomic mass is 10.0. The Morgan fingerprint density at radius 1 is 1.05 bits per heavy atom. The molecular formula is C17H16N2O. The molecule has 100 valence electrons. The van der Waals surface area contributed by atoms with Gasteiger partial charge in [0.15, 0.2) is 6.07 Å². The van der Waals surface area contributed by atoms with Crippen LogP contribution in [0.3, 0.4) is 0 Å². The molecule has 0 spiro atoms. The van der Waals surface area contributed by atoms with E-state index in [1.165, 1.54) is 16.0 Å². The third-order valence-electron chi connectivity index (χ3n) is 3.24. The lowest BCUT2D eigenvalue weighted by Crippen LogP contribution is -2.27. The van der Waals surface area contributed by atoms with Crippen LogP contribution >= 0.6 is 0 Å². The van der Waals surface area contributed by atoms with E-state index in [0.717, 1.165) is 12.0 Å². The van der Waals surface area contributed by atoms with Crippen LogP contribution < -0.4 is 0 Å². The summed E-state index contributed by atoms with van der Waals surface area (Å²) in [6.45, 7) is 0.553. The molecule has 3 nitrogen and oxygen atoms in total. The van der Waals surface area contributed by atoms with Gasteiger partial charge in [-0.2, -0.15) is 5.26 Å². The quantitative estimate of drug-likeness (QED) is 0.797. The van der Waals surface area contributed by atoms with Gasteiger partial charge in [-0.1, -0.05) is 54.6 Å². The highest BCUT2D eigenvalue weighted by molar-refractivity contribution is 5.90. The van der Waals surface area contributed by atoms with Crippen molar-refractivity contribution < 1.29 is 4.79 Å². The second kappa shape index (κ2) is 6.53. The van der Waals surface area contributed by atoms with E-state index in [-0.39, 0.29) is 0 Å². The van der Waals surface area contributed by atoms with Crippen molar-refractivity contribution >= 4 is 5.91 Å². The first kappa shape index (κ1) is 13.8. The number of nitriles is 1. The summed E-state index contributed by atoms with van der Waals surface area (Å²) in [7, 11) is 1.64. The molecule has 2 aromatic carbocycles. The molecule has 2 rings (SSSR count). The SMILES string of the molecule is CN(CCc1ccc(-c2ccccc2)cc1)C(=O)C#N. The van der Waals surface area contributed by atoms with E-state index < -0.39 is 5.91 Å². The lowest BCUT2D eigenvalue weighted by molar-refractivity contribution is -0.124. The second-order valence-electron chi connectivity index (χ2n) is 4.65. The molecule has 2 aromatic rings. The van der Waals surface area contributed by atoms with Crippen LogP contribution in [0.2, 0.25) is 0 Å². The maximum Gasteiger partial charge on any atom is 0.324 e. The predicted octanol–water partition coefficient (Wildman–Crippen LogP) is 2.88. The molecule has 0 aliphatic heterocycles. The van der Waals surface area contributed by atoms with Crippen molar-refractivity contribution in [1.29, 1.82) is 5.26 Å². The fourth-order valence-corrected chi connectivity index (χ4v) is 1.98. The number of amides is 1. The average molecular weight is 264 g/mol. The van der Waals surface area contributed by atoms with Gasteiger partial charge in [0.1, 0.15) is 0 Å². The first-order chi connectivity index (χ1) is 9.70. The number of carbonyl (C=O) groups excluding carboxylic acids is 1. The van der Waals surface area contributed by atoms with Crippen molar-refractivity contribution in [3.63, 3.8) is 0 Å². The summed E-state index contributed by atoms with van der Waals surface area (Å²) in [5.41, 5.74) is 3.52. The molecule has 0 bridgehead atoms. The first-order valence-electron chi connectivity index (χ1n) is 6.50. The van der Waals surface area contributed by atoms with Gasteiger partial charge >= 0.3 is 5.91 Å². The minimum Gasteiger partial charge on any atom is -0.333 e. The van der Waals surface area contributed by atoms with Gasteiger partial charge in [-0.25, -0.2) is 0 Å². The Hall–Kier alpha value is -2.60. The van der Waals surface area contributed by atoms with Gasteiger partial charge in [-0.15, -0.1) is 0 Å². The maximum absolute atomic E-state index is 11.1. The van der Waals surface area contributed by atoms with Crippen LogP contribution in [0.5, 0.6) is 0 Å². The van der Waals surface area contributed by atoms with Crippen molar-refractivity contribution in [2.24, 2.45) is 0 Å². The van der Waals surface area contributed by atoms with Gasteiger partial charge in [-0.3, -0.25) is 4.79 Å². The van der Waals surface area contributed by atoms with Crippen molar-refractivity contribution in [3.05, 3.63) is 60.2 Å². The third kappa shape index (κ3) is 3.46. The molecule has 0 fully saturated rings. The van der Waals surface area contributed by atoms with Crippen LogP contribution in [0.4, 0.5) is 0 Å². The minimum atomic E-state index is -0.495. The highest BCUT2D eigenvalue weighted by Crippen LogP contribution is 2.19. The Labute approximate surface area is 119 Å². The van der Waals surface area contributed by atoms with Gasteiger partial charge < -0.3 is 4.90 Å². The van der Waals surface area contributed by atoms with Crippen molar-refractivity contribution in [2.45, 2.75) is 6.42 Å². The van der Waals surface area contributed by atoms with Crippen molar-refractivity contribution in [2.75, 3.05) is 13.6 Å². The molecule has 3 heteroatoms. The van der Waals surface area contributed by atoms with Gasteiger partial charge in [0.05, 0.1) is 0 Å². The van der Waals surface area contributed by atoms with Crippen LogP contribution in [-0.4, -0.2) is 24.4 Å². The highest BCUT2D eigenvalue weighted by atomic mass is 16.2. The smallest absolute Gasteiger partial charge is 0.324 e. The fraction of sp³-hybridized carbons (Fsp3) is 0.176. The zero-order valence-electron chi connectivity index (χ0n) is 11.4. The highest BCUT2D eigenvalue weighted by Gasteiger charge is 2.06. The molecule has 0 N–H and O–H groups in total. The Kier molecular flexibility index (Phi) is 4.52. The number of benzene rings is 2. The monoisotopic (exact) mass is 264 g/mol. The molecule has 0 unspecified atom stereocenters. The van der Waals surface area contributed by atoms with E-state index in [1.54, 1.807) is 13.1 Å². The maximum atomic E-state index is 11.1. The molecule has 0 radical (unpaired) electrons. The van der Waals surface area contributed by atoms with Gasteiger partial charge in [0.25, 0.3) is 0 Å². The van der Waals surface area contributed by atoms with Crippen molar-refractivity contribution in [3.8, 4) is 17.2 Å². The summed E-state index contributed by atoms with van der Waals surface area (Å²) in [6, 6.07) is 20.1. The van der Waals surface area contributed by atoms with E-state index in [4.69, 9.17) is 5.26 Å².